The molecule has 1 spiro atoms. The highest BCUT2D eigenvalue weighted by Crippen LogP contribution is 2.40. The van der Waals surface area contributed by atoms with E-state index >= 15 is 0 Å². The van der Waals surface area contributed by atoms with Crippen LogP contribution >= 0.6 is 0 Å². The maximum atomic E-state index is 12.4. The van der Waals surface area contributed by atoms with Crippen molar-refractivity contribution in [2.45, 2.75) is 51.2 Å². The highest BCUT2D eigenvalue weighted by Gasteiger charge is 2.49. The Morgan fingerprint density at radius 1 is 1.33 bits per heavy atom. The summed E-state index contributed by atoms with van der Waals surface area (Å²) in [4.78, 5) is 26.2. The Morgan fingerprint density at radius 2 is 2.00 bits per heavy atom. The van der Waals surface area contributed by atoms with Gasteiger partial charge in [0.05, 0.1) is 11.1 Å². The highest BCUT2D eigenvalue weighted by atomic mass is 16.6. The summed E-state index contributed by atoms with van der Waals surface area (Å²) >= 11 is 0. The largest absolute Gasteiger partial charge is 0.444 e. The Morgan fingerprint density at radius 3 is 2.62 bits per heavy atom. The van der Waals surface area contributed by atoms with E-state index in [4.69, 9.17) is 4.74 Å². The van der Waals surface area contributed by atoms with Crippen LogP contribution < -0.4 is 0 Å². The zero-order valence-electron chi connectivity index (χ0n) is 12.8. The zero-order valence-corrected chi connectivity index (χ0v) is 12.8. The number of ether oxygens (including phenoxy) is 1. The molecular weight excluding hydrogens is 270 g/mol. The van der Waals surface area contributed by atoms with E-state index < -0.39 is 11.0 Å². The van der Waals surface area contributed by atoms with E-state index in [1.54, 1.807) is 15.8 Å². The lowest BCUT2D eigenvalue weighted by Crippen LogP contribution is -2.48. The van der Waals surface area contributed by atoms with Crippen LogP contribution in [-0.4, -0.2) is 45.2 Å². The third-order valence-electron chi connectivity index (χ3n) is 4.30. The maximum absolute atomic E-state index is 12.4. The SMILES string of the molecule is CC(C)(C)OC(=O)N1CCC2(CC1)C(=O)Cn1nccc12. The summed E-state index contributed by atoms with van der Waals surface area (Å²) in [6, 6.07) is 1.92. The lowest BCUT2D eigenvalue weighted by molar-refractivity contribution is -0.125. The van der Waals surface area contributed by atoms with Crippen molar-refractivity contribution in [2.24, 2.45) is 0 Å². The van der Waals surface area contributed by atoms with Crippen LogP contribution in [0.4, 0.5) is 4.79 Å². The molecule has 6 heteroatoms. The molecule has 3 rings (SSSR count). The van der Waals surface area contributed by atoms with Gasteiger partial charge in [-0.2, -0.15) is 5.10 Å². The topological polar surface area (TPSA) is 64.4 Å². The first-order valence-electron chi connectivity index (χ1n) is 7.35. The van der Waals surface area contributed by atoms with E-state index in [0.29, 0.717) is 32.5 Å². The van der Waals surface area contributed by atoms with Crippen LogP contribution in [0.5, 0.6) is 0 Å². The van der Waals surface area contributed by atoms with Gasteiger partial charge in [-0.3, -0.25) is 9.48 Å². The molecule has 2 aliphatic heterocycles. The standard InChI is InChI=1S/C15H21N3O3/c1-14(2,3)21-13(20)17-8-5-15(6-9-17)11-4-7-16-18(11)10-12(15)19/h4,7H,5-6,8-10H2,1-3H3. The zero-order chi connectivity index (χ0) is 15.3. The molecule has 0 N–H and O–H groups in total. The Hall–Kier alpha value is -1.85. The van der Waals surface area contributed by atoms with E-state index in [-0.39, 0.29) is 11.9 Å². The minimum Gasteiger partial charge on any atom is -0.444 e. The van der Waals surface area contributed by atoms with Crippen molar-refractivity contribution in [2.75, 3.05) is 13.1 Å². The number of hydrogen-bond acceptors (Lipinski definition) is 4. The summed E-state index contributed by atoms with van der Waals surface area (Å²) in [7, 11) is 0. The van der Waals surface area contributed by atoms with Gasteiger partial charge in [0.1, 0.15) is 12.1 Å². The molecule has 21 heavy (non-hydrogen) atoms. The molecule has 0 aromatic carbocycles. The van der Waals surface area contributed by atoms with Crippen molar-refractivity contribution >= 4 is 11.9 Å². The molecule has 0 bridgehead atoms. The predicted octanol–water partition coefficient (Wildman–Crippen LogP) is 1.73. The average Bonchev–Trinajstić information content (AvgIpc) is 2.93. The van der Waals surface area contributed by atoms with Gasteiger partial charge in [-0.1, -0.05) is 0 Å². The fourth-order valence-corrected chi connectivity index (χ4v) is 3.23. The van der Waals surface area contributed by atoms with E-state index in [1.165, 1.54) is 0 Å². The Kier molecular flexibility index (Phi) is 3.07. The predicted molar refractivity (Wildman–Crippen MR) is 76.0 cm³/mol. The number of fused-ring (bicyclic) bond motifs is 2. The lowest BCUT2D eigenvalue weighted by Gasteiger charge is -2.38. The van der Waals surface area contributed by atoms with Gasteiger partial charge in [-0.05, 0) is 39.7 Å². The summed E-state index contributed by atoms with van der Waals surface area (Å²) in [5.41, 5.74) is 0.0552. The fraction of sp³-hybridized carbons (Fsp3) is 0.667. The number of piperidine rings is 1. The van der Waals surface area contributed by atoms with Gasteiger partial charge < -0.3 is 9.64 Å². The highest BCUT2D eigenvalue weighted by molar-refractivity contribution is 5.92. The molecule has 0 saturated carbocycles. The summed E-state index contributed by atoms with van der Waals surface area (Å²) in [5.74, 6) is 0.217. The second-order valence-electron chi connectivity index (χ2n) is 6.85. The molecule has 1 aromatic rings. The van der Waals surface area contributed by atoms with E-state index in [0.717, 1.165) is 5.69 Å². The molecule has 0 unspecified atom stereocenters. The van der Waals surface area contributed by atoms with Crippen molar-refractivity contribution in [3.63, 3.8) is 0 Å². The second-order valence-corrected chi connectivity index (χ2v) is 6.85. The van der Waals surface area contributed by atoms with Crippen LogP contribution in [0.15, 0.2) is 12.3 Å². The molecule has 1 saturated heterocycles. The third kappa shape index (κ3) is 2.32. The smallest absolute Gasteiger partial charge is 0.410 e. The average molecular weight is 291 g/mol. The summed E-state index contributed by atoms with van der Waals surface area (Å²) < 4.78 is 7.18. The Balaban J connectivity index is 1.71. The monoisotopic (exact) mass is 291 g/mol. The van der Waals surface area contributed by atoms with Crippen molar-refractivity contribution < 1.29 is 14.3 Å². The van der Waals surface area contributed by atoms with Crippen LogP contribution in [-0.2, 0) is 21.5 Å². The number of aromatic nitrogens is 2. The molecule has 1 aromatic heterocycles. The normalized spacial score (nSPS) is 20.7. The van der Waals surface area contributed by atoms with Gasteiger partial charge >= 0.3 is 6.09 Å². The second kappa shape index (κ2) is 4.58. The molecule has 1 amide bonds. The lowest BCUT2D eigenvalue weighted by atomic mass is 9.74. The van der Waals surface area contributed by atoms with Crippen molar-refractivity contribution in [1.82, 2.24) is 14.7 Å². The number of likely N-dealkylation sites (tertiary alicyclic amines) is 1. The fourth-order valence-electron chi connectivity index (χ4n) is 3.23. The van der Waals surface area contributed by atoms with Crippen molar-refractivity contribution in [3.8, 4) is 0 Å². The minimum absolute atomic E-state index is 0.217. The number of hydrogen-bond donors (Lipinski definition) is 0. The molecule has 0 radical (unpaired) electrons. The molecule has 1 fully saturated rings. The van der Waals surface area contributed by atoms with Gasteiger partial charge in [-0.25, -0.2) is 4.79 Å². The molecule has 2 aliphatic rings. The van der Waals surface area contributed by atoms with Crippen molar-refractivity contribution in [1.29, 1.82) is 0 Å². The first kappa shape index (κ1) is 14.1. The van der Waals surface area contributed by atoms with Gasteiger partial charge in [-0.15, -0.1) is 0 Å². The molecule has 114 valence electrons. The Bertz CT molecular complexity index is 577. The summed E-state index contributed by atoms with van der Waals surface area (Å²) in [5, 5.41) is 4.19. The van der Waals surface area contributed by atoms with Crippen molar-refractivity contribution in [3.05, 3.63) is 18.0 Å². The van der Waals surface area contributed by atoms with Gasteiger partial charge in [0.15, 0.2) is 5.78 Å². The van der Waals surface area contributed by atoms with Gasteiger partial charge in [0, 0.05) is 19.3 Å². The van der Waals surface area contributed by atoms with Crippen LogP contribution in [0.3, 0.4) is 0 Å². The number of carbonyl (C=O) groups is 2. The van der Waals surface area contributed by atoms with Gasteiger partial charge in [0.2, 0.25) is 0 Å². The first-order chi connectivity index (χ1) is 9.82. The van der Waals surface area contributed by atoms with Crippen LogP contribution in [0.1, 0.15) is 39.3 Å². The molecule has 6 nitrogen and oxygen atoms in total. The summed E-state index contributed by atoms with van der Waals surface area (Å²) in [6.07, 6.45) is 2.74. The van der Waals surface area contributed by atoms with E-state index in [2.05, 4.69) is 5.10 Å². The Labute approximate surface area is 124 Å². The molecule has 0 atom stereocenters. The molecular formula is C15H21N3O3. The number of amides is 1. The number of carbonyl (C=O) groups excluding carboxylic acids is 2. The quantitative estimate of drug-likeness (QED) is 0.730. The van der Waals surface area contributed by atoms with Gasteiger partial charge in [0.25, 0.3) is 0 Å². The van der Waals surface area contributed by atoms with Crippen LogP contribution in [0, 0.1) is 0 Å². The van der Waals surface area contributed by atoms with Crippen LogP contribution in [0.2, 0.25) is 0 Å². The van der Waals surface area contributed by atoms with E-state index in [1.807, 2.05) is 26.8 Å². The third-order valence-corrected chi connectivity index (χ3v) is 4.30. The van der Waals surface area contributed by atoms with Crippen LogP contribution in [0.25, 0.3) is 0 Å². The maximum Gasteiger partial charge on any atom is 0.410 e. The molecule has 0 aliphatic carbocycles. The summed E-state index contributed by atoms with van der Waals surface area (Å²) in [6.45, 7) is 7.02. The minimum atomic E-state index is -0.492. The number of ketones is 1. The van der Waals surface area contributed by atoms with E-state index in [9.17, 15) is 9.59 Å². The number of nitrogens with zero attached hydrogens (tertiary/aromatic N) is 3. The molecule has 3 heterocycles. The number of Topliss-reactive ketones (excluding diaryl/α,β-unsaturated/α-hetero) is 1. The number of rotatable bonds is 0. The first-order valence-corrected chi connectivity index (χ1v) is 7.35.